The first-order chi connectivity index (χ1) is 8.07. The third-order valence-electron chi connectivity index (χ3n) is 1.39. The molecule has 104 valence electrons. The number of carbonyl (C=O) groups excluding carboxylic acids is 3. The summed E-state index contributed by atoms with van der Waals surface area (Å²) in [4.78, 5) is 38.8. The van der Waals surface area contributed by atoms with Gasteiger partial charge in [-0.15, -0.1) is 0 Å². The van der Waals surface area contributed by atoms with Crippen molar-refractivity contribution >= 4 is 46.9 Å². The minimum Gasteiger partial charge on any atom is -0.550 e. The Bertz CT molecular complexity index is 308. The molecule has 0 unspecified atom stereocenters. The average molecular weight is 327 g/mol. The van der Waals surface area contributed by atoms with Gasteiger partial charge < -0.3 is 46.3 Å². The van der Waals surface area contributed by atoms with E-state index < -0.39 is 48.8 Å². The molecule has 2 atom stereocenters. The zero-order valence-corrected chi connectivity index (χ0v) is 15.3. The van der Waals surface area contributed by atoms with Gasteiger partial charge in [0.1, 0.15) is 0 Å². The van der Waals surface area contributed by atoms with Crippen molar-refractivity contribution in [3.05, 3.63) is 0 Å². The first kappa shape index (κ1) is 28.4. The molecule has 0 saturated carbocycles. The second-order valence-corrected chi connectivity index (χ2v) is 3.03. The Kier molecular flexibility index (Phi) is 22.1. The van der Waals surface area contributed by atoms with Crippen LogP contribution < -0.4 is 78.2 Å². The van der Waals surface area contributed by atoms with E-state index in [4.69, 9.17) is 16.6 Å². The molecule has 20 heavy (non-hydrogen) atoms. The number of carboxylic acid groups (broad SMARTS) is 4. The van der Waals surface area contributed by atoms with Gasteiger partial charge >= 0.3 is 80.4 Å². The van der Waals surface area contributed by atoms with Gasteiger partial charge in [-0.1, -0.05) is 0 Å². The number of carboxylic acids is 4. The Morgan fingerprint density at radius 3 is 1.30 bits per heavy atom. The maximum Gasteiger partial charge on any atom is 2.00 e. The fourth-order valence-electron chi connectivity index (χ4n) is 0.534. The van der Waals surface area contributed by atoms with Crippen molar-refractivity contribution in [3.63, 3.8) is 0 Å². The predicted molar refractivity (Wildman–Crippen MR) is 53.6 cm³/mol. The number of rotatable bonds is 6. The van der Waals surface area contributed by atoms with Crippen LogP contribution in [0.3, 0.4) is 0 Å². The van der Waals surface area contributed by atoms with Gasteiger partial charge in [0.2, 0.25) is 0 Å². The number of nitrogens with two attached hydrogens (primary N) is 2. The van der Waals surface area contributed by atoms with Crippen molar-refractivity contribution in [3.8, 4) is 0 Å². The van der Waals surface area contributed by atoms with Crippen molar-refractivity contribution in [1.29, 1.82) is 0 Å². The summed E-state index contributed by atoms with van der Waals surface area (Å²) >= 11 is 0. The molecule has 0 aromatic rings. The normalized spacial score (nSPS) is 11.3. The maximum atomic E-state index is 9.74. The molecule has 0 spiro atoms. The fraction of sp³-hybridized carbons (Fsp3) is 0.500. The molecule has 0 rings (SSSR count). The minimum absolute atomic E-state index is 0. The van der Waals surface area contributed by atoms with E-state index in [1.807, 2.05) is 0 Å². The number of hydrogen-bond acceptors (Lipinski definition) is 9. The standard InChI is InChI=1S/2C4H7NO4.K.Mg/c2*5-2(4(8)9)1-3(6)7;;/h2*2H,1,5H2,(H,6,7)(H,8,9);;/q;;+1;+2/p-3/t2*2-;;/m10../s1. The number of hydrogen-bond donors (Lipinski definition) is 3. The summed E-state index contributed by atoms with van der Waals surface area (Å²) in [6, 6.07) is -2.86. The molecule has 0 saturated heterocycles. The molecule has 0 amide bonds. The van der Waals surface area contributed by atoms with Gasteiger partial charge in [-0.25, -0.2) is 0 Å². The number of aliphatic carboxylic acids is 4. The molecular weight excluding hydrogens is 315 g/mol. The Morgan fingerprint density at radius 1 is 0.900 bits per heavy atom. The van der Waals surface area contributed by atoms with E-state index in [2.05, 4.69) is 0 Å². The summed E-state index contributed by atoms with van der Waals surface area (Å²) in [5.74, 6) is -5.87. The van der Waals surface area contributed by atoms with Gasteiger partial charge in [-0.05, 0) is 0 Å². The minimum atomic E-state index is -1.58. The van der Waals surface area contributed by atoms with Crippen molar-refractivity contribution < 1.29 is 91.0 Å². The first-order valence-electron chi connectivity index (χ1n) is 4.42. The summed E-state index contributed by atoms with van der Waals surface area (Å²) < 4.78 is 0. The molecule has 0 aliphatic carbocycles. The Balaban J connectivity index is -0.000000116. The van der Waals surface area contributed by atoms with Crippen LogP contribution in [-0.2, 0) is 19.2 Å². The molecular formula is C8H11KMgN2O8. The van der Waals surface area contributed by atoms with Crippen LogP contribution >= 0.6 is 0 Å². The zero-order valence-electron chi connectivity index (χ0n) is 10.7. The third kappa shape index (κ3) is 20.5. The smallest absolute Gasteiger partial charge is 0.550 e. The SMILES string of the molecule is N[C@@H](CC(=O)O)C(=O)[O-].N[C@H](CC(=O)[O-])C(=O)[O-].[K+].[Mg+2]. The summed E-state index contributed by atoms with van der Waals surface area (Å²) in [6.07, 6.45) is -1.30. The van der Waals surface area contributed by atoms with Crippen LogP contribution in [0.25, 0.3) is 0 Å². The van der Waals surface area contributed by atoms with Crippen LogP contribution in [0.1, 0.15) is 12.8 Å². The zero-order chi connectivity index (χ0) is 14.9. The molecule has 0 aromatic heterocycles. The Labute approximate surface area is 172 Å². The van der Waals surface area contributed by atoms with Crippen LogP contribution in [0, 0.1) is 0 Å². The van der Waals surface area contributed by atoms with Gasteiger partial charge in [0, 0.05) is 18.4 Å². The first-order valence-corrected chi connectivity index (χ1v) is 4.42. The van der Waals surface area contributed by atoms with Crippen LogP contribution in [0.5, 0.6) is 0 Å². The van der Waals surface area contributed by atoms with Gasteiger partial charge in [-0.3, -0.25) is 4.79 Å². The average Bonchev–Trinajstić information content (AvgIpc) is 2.16. The van der Waals surface area contributed by atoms with Crippen LogP contribution in [-0.4, -0.2) is 64.1 Å². The monoisotopic (exact) mass is 326 g/mol. The van der Waals surface area contributed by atoms with Crippen molar-refractivity contribution in [2.45, 2.75) is 24.9 Å². The molecule has 0 aliphatic rings. The second kappa shape index (κ2) is 15.6. The molecule has 0 aromatic carbocycles. The fourth-order valence-corrected chi connectivity index (χ4v) is 0.534. The van der Waals surface area contributed by atoms with E-state index in [1.54, 1.807) is 0 Å². The molecule has 0 heterocycles. The van der Waals surface area contributed by atoms with Gasteiger partial charge in [0.15, 0.2) is 0 Å². The van der Waals surface area contributed by atoms with E-state index in [0.717, 1.165) is 0 Å². The summed E-state index contributed by atoms with van der Waals surface area (Å²) in [5, 5.41) is 37.0. The summed E-state index contributed by atoms with van der Waals surface area (Å²) in [7, 11) is 0. The Hall–Kier alpha value is 0.203. The van der Waals surface area contributed by atoms with Gasteiger partial charge in [0.25, 0.3) is 0 Å². The van der Waals surface area contributed by atoms with Gasteiger partial charge in [-0.2, -0.15) is 0 Å². The third-order valence-corrected chi connectivity index (χ3v) is 1.39. The molecule has 5 N–H and O–H groups in total. The largest absolute Gasteiger partial charge is 2.00 e. The summed E-state index contributed by atoms with van der Waals surface area (Å²) in [6.45, 7) is 0. The van der Waals surface area contributed by atoms with Crippen molar-refractivity contribution in [2.24, 2.45) is 11.5 Å². The molecule has 10 nitrogen and oxygen atoms in total. The topological polar surface area (TPSA) is 210 Å². The number of carbonyl (C=O) groups is 4. The molecule has 12 heteroatoms. The van der Waals surface area contributed by atoms with Crippen molar-refractivity contribution in [1.82, 2.24) is 0 Å². The summed E-state index contributed by atoms with van der Waals surface area (Å²) in [5.41, 5.74) is 9.51. The maximum absolute atomic E-state index is 9.74. The van der Waals surface area contributed by atoms with E-state index >= 15 is 0 Å². The van der Waals surface area contributed by atoms with Crippen LogP contribution in [0.4, 0.5) is 0 Å². The molecule has 0 radical (unpaired) electrons. The van der Waals surface area contributed by atoms with E-state index in [-0.39, 0.29) is 74.4 Å². The van der Waals surface area contributed by atoms with Crippen molar-refractivity contribution in [2.75, 3.05) is 0 Å². The quantitative estimate of drug-likeness (QED) is 0.392. The van der Waals surface area contributed by atoms with Crippen LogP contribution in [0.2, 0.25) is 0 Å². The second-order valence-electron chi connectivity index (χ2n) is 3.03. The van der Waals surface area contributed by atoms with E-state index in [0.29, 0.717) is 0 Å². The molecule has 0 bridgehead atoms. The predicted octanol–water partition coefficient (Wildman–Crippen LogP) is -9.63. The van der Waals surface area contributed by atoms with E-state index in [9.17, 15) is 34.5 Å². The molecule has 0 aliphatic heterocycles. The Morgan fingerprint density at radius 2 is 1.20 bits per heavy atom. The molecule has 0 fully saturated rings. The van der Waals surface area contributed by atoms with E-state index in [1.165, 1.54) is 0 Å². The van der Waals surface area contributed by atoms with Crippen LogP contribution in [0.15, 0.2) is 0 Å². The van der Waals surface area contributed by atoms with Gasteiger partial charge in [0.05, 0.1) is 24.4 Å².